The van der Waals surface area contributed by atoms with E-state index in [9.17, 15) is 13.2 Å². The summed E-state index contributed by atoms with van der Waals surface area (Å²) >= 11 is 1.30. The van der Waals surface area contributed by atoms with Crippen molar-refractivity contribution >= 4 is 32.4 Å². The van der Waals surface area contributed by atoms with Crippen LogP contribution in [0.15, 0.2) is 45.0 Å². The Morgan fingerprint density at radius 1 is 1.21 bits per heavy atom. The topological polar surface area (TPSA) is 92.5 Å². The number of thiazole rings is 1. The molecular formula is C20H23N3O4S2. The van der Waals surface area contributed by atoms with Gasteiger partial charge in [0.2, 0.25) is 10.0 Å². The summed E-state index contributed by atoms with van der Waals surface area (Å²) in [5.74, 6) is 1.14. The molecule has 0 aliphatic carbocycles. The number of aryl methyl sites for hydroxylation is 2. The number of aromatic nitrogens is 1. The van der Waals surface area contributed by atoms with Crippen LogP contribution < -0.4 is 5.32 Å². The van der Waals surface area contributed by atoms with Gasteiger partial charge in [0.15, 0.2) is 5.13 Å². The van der Waals surface area contributed by atoms with Gasteiger partial charge in [0.25, 0.3) is 5.91 Å². The van der Waals surface area contributed by atoms with E-state index in [0.717, 1.165) is 22.8 Å². The number of nitrogens with zero attached hydrogens (tertiary/aromatic N) is 2. The van der Waals surface area contributed by atoms with E-state index in [2.05, 4.69) is 10.3 Å². The molecule has 2 aromatic heterocycles. The molecule has 1 amide bonds. The summed E-state index contributed by atoms with van der Waals surface area (Å²) in [6, 6.07) is 7.93. The van der Waals surface area contributed by atoms with Gasteiger partial charge in [-0.3, -0.25) is 10.1 Å². The zero-order valence-corrected chi connectivity index (χ0v) is 18.4. The Hall–Kier alpha value is -2.49. The van der Waals surface area contributed by atoms with Gasteiger partial charge in [0.05, 0.1) is 10.6 Å². The van der Waals surface area contributed by atoms with E-state index in [0.29, 0.717) is 18.2 Å². The van der Waals surface area contributed by atoms with Crippen molar-refractivity contribution in [2.24, 2.45) is 0 Å². The van der Waals surface area contributed by atoms with E-state index >= 15 is 0 Å². The highest BCUT2D eigenvalue weighted by atomic mass is 32.2. The van der Waals surface area contributed by atoms with Crippen LogP contribution in [0.25, 0.3) is 11.3 Å². The zero-order chi connectivity index (χ0) is 21.2. The minimum absolute atomic E-state index is 0.0955. The van der Waals surface area contributed by atoms with Crippen LogP contribution in [-0.4, -0.2) is 36.7 Å². The quantitative estimate of drug-likeness (QED) is 0.600. The lowest BCUT2D eigenvalue weighted by Gasteiger charge is -2.18. The number of carbonyl (C=O) groups excluding carboxylic acids is 1. The van der Waals surface area contributed by atoms with Gasteiger partial charge in [-0.2, -0.15) is 4.31 Å². The van der Waals surface area contributed by atoms with Crippen molar-refractivity contribution in [2.45, 2.75) is 32.6 Å². The molecule has 7 nitrogen and oxygen atoms in total. The largest absolute Gasteiger partial charge is 0.466 e. The Labute approximate surface area is 174 Å². The summed E-state index contributed by atoms with van der Waals surface area (Å²) in [5, 5.41) is 5.01. The van der Waals surface area contributed by atoms with Crippen LogP contribution in [0.4, 0.5) is 5.13 Å². The predicted molar refractivity (Wildman–Crippen MR) is 114 cm³/mol. The molecule has 3 rings (SSSR count). The lowest BCUT2D eigenvalue weighted by atomic mass is 10.2. The van der Waals surface area contributed by atoms with E-state index in [1.54, 1.807) is 26.0 Å². The fraction of sp³-hybridized carbons (Fsp3) is 0.300. The third-order valence-corrected chi connectivity index (χ3v) is 7.28. The van der Waals surface area contributed by atoms with E-state index in [1.807, 2.05) is 25.3 Å². The first-order chi connectivity index (χ1) is 13.8. The highest BCUT2D eigenvalue weighted by Gasteiger charge is 2.23. The van der Waals surface area contributed by atoms with Crippen LogP contribution in [0.5, 0.6) is 0 Å². The molecule has 1 aromatic carbocycles. The van der Waals surface area contributed by atoms with E-state index in [-0.39, 0.29) is 10.5 Å². The molecule has 0 unspecified atom stereocenters. The fourth-order valence-electron chi connectivity index (χ4n) is 3.02. The molecule has 0 saturated heterocycles. The number of sulfonamides is 1. The average molecular weight is 434 g/mol. The van der Waals surface area contributed by atoms with E-state index in [1.165, 1.54) is 27.8 Å². The van der Waals surface area contributed by atoms with Crippen molar-refractivity contribution in [2.75, 3.05) is 18.4 Å². The summed E-state index contributed by atoms with van der Waals surface area (Å²) < 4.78 is 32.3. The van der Waals surface area contributed by atoms with Crippen LogP contribution in [0.1, 0.15) is 35.7 Å². The number of carbonyl (C=O) groups is 1. The first-order valence-electron chi connectivity index (χ1n) is 9.20. The number of anilines is 1. The minimum atomic E-state index is -3.63. The van der Waals surface area contributed by atoms with Crippen molar-refractivity contribution in [1.82, 2.24) is 9.29 Å². The fourth-order valence-corrected chi connectivity index (χ4v) is 5.23. The van der Waals surface area contributed by atoms with Crippen LogP contribution in [0.3, 0.4) is 0 Å². The predicted octanol–water partition coefficient (Wildman–Crippen LogP) is 4.30. The molecule has 0 radical (unpaired) electrons. The summed E-state index contributed by atoms with van der Waals surface area (Å²) in [6.07, 6.45) is 0. The monoisotopic (exact) mass is 433 g/mol. The van der Waals surface area contributed by atoms with Crippen LogP contribution in [0, 0.1) is 13.8 Å². The van der Waals surface area contributed by atoms with E-state index in [4.69, 9.17) is 4.42 Å². The standard InChI is InChI=1S/C20H23N3O4S2/c1-5-23(6-2)29(25,26)16-9-7-8-15(11-16)19(24)22-20-21-18(12-28-20)17-10-13(3)27-14(17)4/h7-12H,5-6H2,1-4H3,(H,21,22,24). The molecule has 9 heteroatoms. The van der Waals surface area contributed by atoms with Crippen LogP contribution in [0.2, 0.25) is 0 Å². The number of furan rings is 1. The first kappa shape index (κ1) is 21.2. The van der Waals surface area contributed by atoms with Gasteiger partial charge in [0.1, 0.15) is 11.5 Å². The van der Waals surface area contributed by atoms with Crippen molar-refractivity contribution < 1.29 is 17.6 Å². The number of hydrogen-bond acceptors (Lipinski definition) is 6. The van der Waals surface area contributed by atoms with Gasteiger partial charge in [-0.15, -0.1) is 11.3 Å². The van der Waals surface area contributed by atoms with Gasteiger partial charge in [-0.1, -0.05) is 19.9 Å². The van der Waals surface area contributed by atoms with Crippen LogP contribution >= 0.6 is 11.3 Å². The van der Waals surface area contributed by atoms with Crippen LogP contribution in [-0.2, 0) is 10.0 Å². The van der Waals surface area contributed by atoms with Crippen molar-refractivity contribution in [1.29, 1.82) is 0 Å². The number of hydrogen-bond donors (Lipinski definition) is 1. The van der Waals surface area contributed by atoms with Gasteiger partial charge in [0, 0.05) is 29.6 Å². The van der Waals surface area contributed by atoms with Gasteiger partial charge >= 0.3 is 0 Å². The molecule has 0 spiro atoms. The Kier molecular flexibility index (Phi) is 6.21. The molecule has 0 saturated carbocycles. The lowest BCUT2D eigenvalue weighted by Crippen LogP contribution is -2.30. The highest BCUT2D eigenvalue weighted by Crippen LogP contribution is 2.30. The van der Waals surface area contributed by atoms with Crippen molar-refractivity contribution in [3.63, 3.8) is 0 Å². The Bertz CT molecular complexity index is 1130. The normalized spacial score (nSPS) is 11.8. The molecular weight excluding hydrogens is 410 g/mol. The maximum absolute atomic E-state index is 12.7. The molecule has 1 N–H and O–H groups in total. The molecule has 0 bridgehead atoms. The van der Waals surface area contributed by atoms with Crippen molar-refractivity contribution in [3.05, 3.63) is 52.8 Å². The number of amides is 1. The molecule has 0 atom stereocenters. The molecule has 0 aliphatic heterocycles. The molecule has 29 heavy (non-hydrogen) atoms. The summed E-state index contributed by atoms with van der Waals surface area (Å²) in [4.78, 5) is 17.2. The van der Waals surface area contributed by atoms with E-state index < -0.39 is 15.9 Å². The lowest BCUT2D eigenvalue weighted by molar-refractivity contribution is 0.102. The van der Waals surface area contributed by atoms with Crippen molar-refractivity contribution in [3.8, 4) is 11.3 Å². The molecule has 154 valence electrons. The van der Waals surface area contributed by atoms with Gasteiger partial charge < -0.3 is 4.42 Å². The van der Waals surface area contributed by atoms with Gasteiger partial charge in [-0.05, 0) is 38.1 Å². The number of benzene rings is 1. The third-order valence-electron chi connectivity index (χ3n) is 4.48. The third kappa shape index (κ3) is 4.42. The Balaban J connectivity index is 1.81. The summed E-state index contributed by atoms with van der Waals surface area (Å²) in [5.41, 5.74) is 1.86. The second-order valence-electron chi connectivity index (χ2n) is 6.44. The van der Waals surface area contributed by atoms with Gasteiger partial charge in [-0.25, -0.2) is 13.4 Å². The maximum Gasteiger partial charge on any atom is 0.257 e. The molecule has 0 fully saturated rings. The molecule has 0 aliphatic rings. The Morgan fingerprint density at radius 2 is 1.93 bits per heavy atom. The smallest absolute Gasteiger partial charge is 0.257 e. The Morgan fingerprint density at radius 3 is 2.55 bits per heavy atom. The summed E-state index contributed by atoms with van der Waals surface area (Å²) in [6.45, 7) is 8.02. The second kappa shape index (κ2) is 8.48. The second-order valence-corrected chi connectivity index (χ2v) is 9.23. The number of rotatable bonds is 7. The molecule has 2 heterocycles. The highest BCUT2D eigenvalue weighted by molar-refractivity contribution is 7.89. The SMILES string of the molecule is CCN(CC)S(=O)(=O)c1cccc(C(=O)Nc2nc(-c3cc(C)oc3C)cs2)c1. The molecule has 3 aromatic rings. The maximum atomic E-state index is 12.7. The summed E-state index contributed by atoms with van der Waals surface area (Å²) in [7, 11) is -3.63. The number of nitrogens with one attached hydrogen (secondary N) is 1. The minimum Gasteiger partial charge on any atom is -0.466 e. The first-order valence-corrected chi connectivity index (χ1v) is 11.5. The zero-order valence-electron chi connectivity index (χ0n) is 16.7. The average Bonchev–Trinajstić information content (AvgIpc) is 3.28.